The van der Waals surface area contributed by atoms with Gasteiger partial charge in [-0.1, -0.05) is 54.6 Å². The molecule has 7 nitrogen and oxygen atoms in total. The molecule has 0 radical (unpaired) electrons. The molecule has 0 bridgehead atoms. The van der Waals surface area contributed by atoms with Crippen molar-refractivity contribution in [2.45, 2.75) is 37.9 Å². The second-order valence-corrected chi connectivity index (χ2v) is 13.4. The number of benzene rings is 6. The molecule has 2 unspecified atom stereocenters. The van der Waals surface area contributed by atoms with Crippen LogP contribution in [-0.2, 0) is 22.3 Å². The summed E-state index contributed by atoms with van der Waals surface area (Å²) in [5, 5.41) is 4.07. The summed E-state index contributed by atoms with van der Waals surface area (Å²) >= 11 is 0. The minimum atomic E-state index is -0.191. The van der Waals surface area contributed by atoms with Crippen molar-refractivity contribution in [3.8, 4) is 62.1 Å². The second kappa shape index (κ2) is 13.7. The van der Waals surface area contributed by atoms with Gasteiger partial charge in [0.2, 0.25) is 0 Å². The molecule has 7 heteroatoms. The van der Waals surface area contributed by atoms with Gasteiger partial charge in [-0.3, -0.25) is 0 Å². The van der Waals surface area contributed by atoms with Gasteiger partial charge in [0.1, 0.15) is 28.7 Å². The van der Waals surface area contributed by atoms with E-state index in [1.807, 2.05) is 18.2 Å². The zero-order valence-corrected chi connectivity index (χ0v) is 30.8. The van der Waals surface area contributed by atoms with Crippen LogP contribution >= 0.6 is 0 Å². The van der Waals surface area contributed by atoms with Crippen molar-refractivity contribution in [3.63, 3.8) is 0 Å². The lowest BCUT2D eigenvalue weighted by Crippen LogP contribution is -2.16. The first-order chi connectivity index (χ1) is 25.5. The summed E-state index contributed by atoms with van der Waals surface area (Å²) in [5.74, 6) is 3.65. The van der Waals surface area contributed by atoms with E-state index in [9.17, 15) is 0 Å². The number of methoxy groups -OCH3 is 7. The zero-order valence-electron chi connectivity index (χ0n) is 30.8. The quantitative estimate of drug-likeness (QED) is 0.141. The highest BCUT2D eigenvalue weighted by molar-refractivity contribution is 6.18. The Labute approximate surface area is 304 Å². The molecule has 6 aromatic carbocycles. The van der Waals surface area contributed by atoms with E-state index in [1.54, 1.807) is 49.8 Å². The molecule has 2 aliphatic carbocycles. The number of hydrogen-bond donors (Lipinski definition) is 0. The van der Waals surface area contributed by atoms with Crippen LogP contribution in [0.15, 0.2) is 78.9 Å². The predicted octanol–water partition coefficient (Wildman–Crippen LogP) is 10.3. The van der Waals surface area contributed by atoms with Gasteiger partial charge >= 0.3 is 0 Å². The number of hydrogen-bond acceptors (Lipinski definition) is 7. The van der Waals surface area contributed by atoms with Gasteiger partial charge < -0.3 is 33.2 Å². The number of rotatable bonds is 10. The molecular formula is C45H44O7. The molecule has 0 spiro atoms. The highest BCUT2D eigenvalue weighted by Gasteiger charge is 2.38. The van der Waals surface area contributed by atoms with E-state index in [4.69, 9.17) is 33.2 Å². The Morgan fingerprint density at radius 3 is 1.50 bits per heavy atom. The summed E-state index contributed by atoms with van der Waals surface area (Å²) in [7, 11) is 12.2. The minimum Gasteiger partial charge on any atom is -0.497 e. The van der Waals surface area contributed by atoms with E-state index in [2.05, 4.69) is 60.7 Å². The lowest BCUT2D eigenvalue weighted by Gasteiger charge is -2.34. The third-order valence-corrected chi connectivity index (χ3v) is 11.1. The zero-order chi connectivity index (χ0) is 36.1. The van der Waals surface area contributed by atoms with Gasteiger partial charge in [-0.15, -0.1) is 0 Å². The van der Waals surface area contributed by atoms with Crippen molar-refractivity contribution in [1.82, 2.24) is 0 Å². The van der Waals surface area contributed by atoms with Gasteiger partial charge in [0.15, 0.2) is 0 Å². The highest BCUT2D eigenvalue weighted by Crippen LogP contribution is 2.61. The first kappa shape index (κ1) is 33.9. The van der Waals surface area contributed by atoms with Crippen molar-refractivity contribution < 1.29 is 33.2 Å². The topological polar surface area (TPSA) is 64.6 Å². The minimum absolute atomic E-state index is 0.151. The van der Waals surface area contributed by atoms with E-state index >= 15 is 0 Å². The van der Waals surface area contributed by atoms with Gasteiger partial charge in [0.05, 0.1) is 53.1 Å². The molecule has 52 heavy (non-hydrogen) atoms. The Balaban J connectivity index is 1.70. The van der Waals surface area contributed by atoms with Gasteiger partial charge in [0, 0.05) is 41.9 Å². The smallest absolute Gasteiger partial charge is 0.139 e. The third kappa shape index (κ3) is 5.01. The Kier molecular flexibility index (Phi) is 8.94. The van der Waals surface area contributed by atoms with Gasteiger partial charge in [-0.25, -0.2) is 0 Å². The molecule has 0 fully saturated rings. The van der Waals surface area contributed by atoms with Crippen molar-refractivity contribution in [2.24, 2.45) is 0 Å². The van der Waals surface area contributed by atoms with Crippen molar-refractivity contribution in [2.75, 3.05) is 49.8 Å². The molecule has 2 aliphatic rings. The van der Waals surface area contributed by atoms with Gasteiger partial charge in [0.25, 0.3) is 0 Å². The van der Waals surface area contributed by atoms with Crippen LogP contribution < -0.4 is 23.7 Å². The van der Waals surface area contributed by atoms with E-state index < -0.39 is 0 Å². The van der Waals surface area contributed by atoms with Crippen molar-refractivity contribution in [3.05, 3.63) is 101 Å². The number of ether oxygens (including phenoxy) is 7. The first-order valence-electron chi connectivity index (χ1n) is 17.8. The van der Waals surface area contributed by atoms with Crippen LogP contribution in [0.3, 0.4) is 0 Å². The Morgan fingerprint density at radius 2 is 0.962 bits per heavy atom. The summed E-state index contributed by atoms with van der Waals surface area (Å²) in [6.45, 7) is 0. The molecular weight excluding hydrogens is 652 g/mol. The molecule has 0 N–H and O–H groups in total. The summed E-state index contributed by atoms with van der Waals surface area (Å²) in [4.78, 5) is 0. The Bertz CT molecular complexity index is 2310. The molecule has 0 saturated heterocycles. The standard InChI is InChI=1S/C45H44O7/c1-46-29-19-13-26(14-20-29)36-38-30(47-2)21-17-28-18-24-33(50-5)41(35(28)38)45(52-7)42(36)43-40-32(49-4)23-16-27-15-22-31(48-3)39(34(27)40)37(44(43)51-6)25-11-9-8-10-12-25/h8-14,16,18-20,23-24,30-31H,15,17,21-22H2,1-7H3. The largest absolute Gasteiger partial charge is 0.497 e. The Hall–Kier alpha value is -5.24. The van der Waals surface area contributed by atoms with Crippen LogP contribution in [0.1, 0.15) is 47.3 Å². The van der Waals surface area contributed by atoms with E-state index in [1.165, 1.54) is 11.1 Å². The summed E-state index contributed by atoms with van der Waals surface area (Å²) < 4.78 is 44.1. The van der Waals surface area contributed by atoms with Crippen LogP contribution in [0.2, 0.25) is 0 Å². The average molecular weight is 697 g/mol. The highest BCUT2D eigenvalue weighted by atomic mass is 16.5. The van der Waals surface area contributed by atoms with Gasteiger partial charge in [-0.2, -0.15) is 0 Å². The molecule has 0 aromatic heterocycles. The van der Waals surface area contributed by atoms with Crippen LogP contribution in [-0.4, -0.2) is 49.8 Å². The van der Waals surface area contributed by atoms with E-state index in [-0.39, 0.29) is 12.2 Å². The third-order valence-electron chi connectivity index (χ3n) is 11.1. The second-order valence-electron chi connectivity index (χ2n) is 13.4. The fourth-order valence-corrected chi connectivity index (χ4v) is 8.89. The fourth-order valence-electron chi connectivity index (χ4n) is 8.89. The predicted molar refractivity (Wildman–Crippen MR) is 207 cm³/mol. The lowest BCUT2D eigenvalue weighted by atomic mass is 9.74. The van der Waals surface area contributed by atoms with Gasteiger partial charge in [-0.05, 0) is 94.1 Å². The summed E-state index contributed by atoms with van der Waals surface area (Å²) in [6, 6.07) is 27.2. The van der Waals surface area contributed by atoms with Crippen LogP contribution in [0.5, 0.6) is 28.7 Å². The summed E-state index contributed by atoms with van der Waals surface area (Å²) in [6.07, 6.45) is 3.06. The SMILES string of the molecule is COc1ccc(-c2c(-c3c(OC)c(-c4ccccc4)c4c5c(ccc(OC)c35)CCC4OC)c(OC)c3c(OC)ccc4c3c2C(OC)CC4)cc1. The maximum Gasteiger partial charge on any atom is 0.139 e. The van der Waals surface area contributed by atoms with Crippen LogP contribution in [0.25, 0.3) is 54.9 Å². The van der Waals surface area contributed by atoms with Crippen LogP contribution in [0, 0.1) is 0 Å². The fraction of sp³-hybridized carbons (Fsp3) is 0.289. The monoisotopic (exact) mass is 696 g/mol. The Morgan fingerprint density at radius 1 is 0.423 bits per heavy atom. The maximum atomic E-state index is 6.70. The number of aryl methyl sites for hydroxylation is 2. The molecule has 0 heterocycles. The van der Waals surface area contributed by atoms with E-state index in [0.717, 1.165) is 109 Å². The normalized spacial score (nSPS) is 16.2. The van der Waals surface area contributed by atoms with Crippen molar-refractivity contribution in [1.29, 1.82) is 0 Å². The maximum absolute atomic E-state index is 6.70. The molecule has 0 aliphatic heterocycles. The molecule has 8 rings (SSSR count). The molecule has 2 atom stereocenters. The molecule has 266 valence electrons. The first-order valence-corrected chi connectivity index (χ1v) is 17.8. The molecule has 0 saturated carbocycles. The van der Waals surface area contributed by atoms with E-state index in [0.29, 0.717) is 11.5 Å². The van der Waals surface area contributed by atoms with Crippen LogP contribution in [0.4, 0.5) is 0 Å². The lowest BCUT2D eigenvalue weighted by molar-refractivity contribution is 0.0954. The average Bonchev–Trinajstić information content (AvgIpc) is 3.21. The van der Waals surface area contributed by atoms with Crippen molar-refractivity contribution >= 4 is 21.5 Å². The summed E-state index contributed by atoms with van der Waals surface area (Å²) in [5.41, 5.74) is 10.5. The molecule has 0 amide bonds. The molecule has 6 aromatic rings.